The molecular weight excluding hydrogens is 491 g/mol. The second-order valence-corrected chi connectivity index (χ2v) is 10.4. The molecule has 35 heavy (non-hydrogen) atoms. The highest BCUT2D eigenvalue weighted by Crippen LogP contribution is 2.59. The van der Waals surface area contributed by atoms with Gasteiger partial charge >= 0.3 is 5.97 Å². The molecule has 2 aliphatic carbocycles. The number of nitrogens with one attached hydrogen (secondary N) is 1. The number of fused-ring (bicyclic) bond motifs is 5. The number of ether oxygens (including phenoxy) is 1. The molecule has 6 atom stereocenters. The number of carbonyl (C=O) groups excluding carboxylic acids is 4. The van der Waals surface area contributed by atoms with Crippen molar-refractivity contribution < 1.29 is 23.9 Å². The van der Waals surface area contributed by atoms with Crippen molar-refractivity contribution in [3.63, 3.8) is 0 Å². The van der Waals surface area contributed by atoms with Crippen molar-refractivity contribution in [3.8, 4) is 0 Å². The highest BCUT2D eigenvalue weighted by Gasteiger charge is 2.66. The van der Waals surface area contributed by atoms with Gasteiger partial charge in [-0.15, -0.1) is 23.2 Å². The van der Waals surface area contributed by atoms with Crippen molar-refractivity contribution in [3.05, 3.63) is 59.2 Å². The maximum atomic E-state index is 13.1. The fourth-order valence-electron chi connectivity index (χ4n) is 5.64. The molecule has 3 fully saturated rings. The number of hydrogen-bond acceptors (Lipinski definition) is 5. The Morgan fingerprint density at radius 3 is 2.17 bits per heavy atom. The first-order chi connectivity index (χ1) is 16.7. The van der Waals surface area contributed by atoms with Crippen LogP contribution in [-0.4, -0.2) is 41.1 Å². The molecule has 0 radical (unpaired) electrons. The Kier molecular flexibility index (Phi) is 6.09. The van der Waals surface area contributed by atoms with Crippen molar-refractivity contribution in [1.82, 2.24) is 0 Å². The van der Waals surface area contributed by atoms with E-state index in [0.717, 1.165) is 11.1 Å². The molecule has 0 unspecified atom stereocenters. The molecule has 3 aliphatic rings. The number of hydrogen-bond donors (Lipinski definition) is 1. The summed E-state index contributed by atoms with van der Waals surface area (Å²) in [5.41, 5.74) is 3.23. The molecule has 2 bridgehead atoms. The lowest BCUT2D eigenvalue weighted by molar-refractivity contribution is -0.123. The van der Waals surface area contributed by atoms with E-state index in [9.17, 15) is 19.2 Å². The number of aryl methyl sites for hydroxylation is 1. The highest BCUT2D eigenvalue weighted by molar-refractivity contribution is 6.32. The molecule has 2 aromatic rings. The zero-order valence-electron chi connectivity index (χ0n) is 19.2. The van der Waals surface area contributed by atoms with Gasteiger partial charge in [0.15, 0.2) is 6.61 Å². The second-order valence-electron chi connectivity index (χ2n) is 9.43. The van der Waals surface area contributed by atoms with Gasteiger partial charge in [0.05, 0.1) is 33.8 Å². The average Bonchev–Trinajstić information content (AvgIpc) is 3.45. The summed E-state index contributed by atoms with van der Waals surface area (Å²) in [6.45, 7) is 3.40. The van der Waals surface area contributed by atoms with Crippen molar-refractivity contribution in [2.45, 2.75) is 31.0 Å². The van der Waals surface area contributed by atoms with Crippen LogP contribution in [0.5, 0.6) is 0 Å². The molecule has 5 rings (SSSR count). The summed E-state index contributed by atoms with van der Waals surface area (Å²) in [7, 11) is 0. The second kappa shape index (κ2) is 8.95. The molecule has 1 heterocycles. The van der Waals surface area contributed by atoms with Gasteiger partial charge in [-0.1, -0.05) is 12.1 Å². The molecule has 9 heteroatoms. The van der Waals surface area contributed by atoms with E-state index in [2.05, 4.69) is 5.32 Å². The third kappa shape index (κ3) is 3.91. The van der Waals surface area contributed by atoms with Crippen LogP contribution in [0.2, 0.25) is 0 Å². The van der Waals surface area contributed by atoms with E-state index in [1.54, 1.807) is 6.07 Å². The molecule has 0 spiro atoms. The molecule has 7 nitrogen and oxygen atoms in total. The van der Waals surface area contributed by atoms with E-state index in [-0.39, 0.29) is 40.0 Å². The lowest BCUT2D eigenvalue weighted by Gasteiger charge is -2.28. The van der Waals surface area contributed by atoms with Crippen LogP contribution in [0, 0.1) is 37.5 Å². The van der Waals surface area contributed by atoms with Crippen LogP contribution in [0.15, 0.2) is 42.5 Å². The SMILES string of the molecule is Cc1cccc(NC(=O)COC(=O)c2ccc(N3C(=O)[C@@H]4[C@H]5C[C@@H]([C@@H](Cl)[C@H]5Cl)[C@H]4C3=O)cc2)c1C. The number of alkyl halides is 2. The standard InChI is InChI=1S/C26H24Cl2N2O5/c1-12-4-3-5-18(13(12)2)29-19(31)11-35-26(34)14-6-8-15(9-7-14)30-24(32)20-16-10-17(21(20)25(30)33)23(28)22(16)27/h3-9,16-17,20-23H,10-11H2,1-2H3,(H,29,31)/t16-,17-,20-,21-,22-,23+/m1/s1. The summed E-state index contributed by atoms with van der Waals surface area (Å²) in [6, 6.07) is 11.6. The molecule has 1 aliphatic heterocycles. The molecule has 2 aromatic carbocycles. The van der Waals surface area contributed by atoms with Crippen molar-refractivity contribution in [2.75, 3.05) is 16.8 Å². The van der Waals surface area contributed by atoms with E-state index < -0.39 is 30.3 Å². The van der Waals surface area contributed by atoms with Crippen LogP contribution in [0.1, 0.15) is 27.9 Å². The van der Waals surface area contributed by atoms with Crippen molar-refractivity contribution in [1.29, 1.82) is 0 Å². The molecule has 1 N–H and O–H groups in total. The van der Waals surface area contributed by atoms with Gasteiger partial charge in [0.25, 0.3) is 5.91 Å². The minimum Gasteiger partial charge on any atom is -0.452 e. The molecular formula is C26H24Cl2N2O5. The van der Waals surface area contributed by atoms with Crippen LogP contribution in [0.3, 0.4) is 0 Å². The van der Waals surface area contributed by atoms with Crippen LogP contribution in [0.25, 0.3) is 0 Å². The molecule has 2 saturated carbocycles. The fourth-order valence-corrected chi connectivity index (χ4v) is 6.53. The van der Waals surface area contributed by atoms with Gasteiger partial charge in [-0.05, 0) is 73.6 Å². The average molecular weight is 515 g/mol. The number of halogens is 2. The van der Waals surface area contributed by atoms with E-state index >= 15 is 0 Å². The number of anilines is 2. The minimum atomic E-state index is -0.684. The Morgan fingerprint density at radius 1 is 0.971 bits per heavy atom. The maximum Gasteiger partial charge on any atom is 0.338 e. The van der Waals surface area contributed by atoms with E-state index in [1.807, 2.05) is 26.0 Å². The first-order valence-electron chi connectivity index (χ1n) is 11.5. The third-order valence-electron chi connectivity index (χ3n) is 7.56. The zero-order chi connectivity index (χ0) is 25.0. The van der Waals surface area contributed by atoms with Gasteiger partial charge in [-0.2, -0.15) is 0 Å². The Balaban J connectivity index is 1.22. The lowest BCUT2D eigenvalue weighted by Crippen LogP contribution is -2.37. The first kappa shape index (κ1) is 23.8. The minimum absolute atomic E-state index is 0.0976. The smallest absolute Gasteiger partial charge is 0.338 e. The Labute approximate surface area is 212 Å². The van der Waals surface area contributed by atoms with Gasteiger partial charge in [-0.3, -0.25) is 19.3 Å². The quantitative estimate of drug-likeness (QED) is 0.368. The van der Waals surface area contributed by atoms with Crippen LogP contribution in [0.4, 0.5) is 11.4 Å². The van der Waals surface area contributed by atoms with E-state index in [4.69, 9.17) is 27.9 Å². The van der Waals surface area contributed by atoms with E-state index in [0.29, 0.717) is 17.8 Å². The molecule has 1 saturated heterocycles. The van der Waals surface area contributed by atoms with Crippen molar-refractivity contribution >= 4 is 58.3 Å². The molecule has 182 valence electrons. The van der Waals surface area contributed by atoms with E-state index in [1.165, 1.54) is 29.2 Å². The lowest BCUT2D eigenvalue weighted by atomic mass is 9.80. The number of esters is 1. The largest absolute Gasteiger partial charge is 0.452 e. The Hall–Kier alpha value is -2.90. The van der Waals surface area contributed by atoms with Gasteiger partial charge in [-0.25, -0.2) is 4.79 Å². The number of carbonyl (C=O) groups is 4. The number of amides is 3. The number of nitrogens with zero attached hydrogens (tertiary/aromatic N) is 1. The Bertz CT molecular complexity index is 1200. The Morgan fingerprint density at radius 2 is 1.57 bits per heavy atom. The predicted octanol–water partition coefficient (Wildman–Crippen LogP) is 4.07. The van der Waals surface area contributed by atoms with Gasteiger partial charge in [0, 0.05) is 5.69 Å². The maximum absolute atomic E-state index is 13.1. The van der Waals surface area contributed by atoms with Gasteiger partial charge in [0.1, 0.15) is 0 Å². The molecule has 3 amide bonds. The number of benzene rings is 2. The predicted molar refractivity (Wildman–Crippen MR) is 132 cm³/mol. The van der Waals surface area contributed by atoms with Gasteiger partial charge < -0.3 is 10.1 Å². The summed E-state index contributed by atoms with van der Waals surface area (Å²) in [5.74, 6) is -2.74. The van der Waals surface area contributed by atoms with Crippen LogP contribution >= 0.6 is 23.2 Å². The number of imide groups is 1. The van der Waals surface area contributed by atoms with Crippen LogP contribution < -0.4 is 10.2 Å². The zero-order valence-corrected chi connectivity index (χ0v) is 20.7. The first-order valence-corrected chi connectivity index (χ1v) is 12.4. The highest BCUT2D eigenvalue weighted by atomic mass is 35.5. The fraction of sp³-hybridized carbons (Fsp3) is 0.385. The van der Waals surface area contributed by atoms with Crippen LogP contribution in [-0.2, 0) is 19.1 Å². The van der Waals surface area contributed by atoms with Crippen molar-refractivity contribution in [2.24, 2.45) is 23.7 Å². The normalized spacial score (nSPS) is 28.9. The summed E-state index contributed by atoms with van der Waals surface area (Å²) in [5, 5.41) is 2.10. The summed E-state index contributed by atoms with van der Waals surface area (Å²) in [4.78, 5) is 52.0. The topological polar surface area (TPSA) is 92.8 Å². The summed E-state index contributed by atoms with van der Waals surface area (Å²) < 4.78 is 5.13. The molecule has 0 aromatic heterocycles. The summed E-state index contributed by atoms with van der Waals surface area (Å²) in [6.07, 6.45) is 0.699. The summed E-state index contributed by atoms with van der Waals surface area (Å²) >= 11 is 12.8. The van der Waals surface area contributed by atoms with Gasteiger partial charge in [0.2, 0.25) is 11.8 Å². The third-order valence-corrected chi connectivity index (χ3v) is 8.88. The number of rotatable bonds is 5. The monoisotopic (exact) mass is 514 g/mol.